The molecule has 0 spiro atoms. The molecule has 1 amide bonds. The van der Waals surface area contributed by atoms with Crippen LogP contribution in [0.4, 0.5) is 10.1 Å². The summed E-state index contributed by atoms with van der Waals surface area (Å²) in [5, 5.41) is 13.6. The minimum Gasteiger partial charge on any atom is -0.336 e. The lowest BCUT2D eigenvalue weighted by molar-refractivity contribution is -0.385. The van der Waals surface area contributed by atoms with Crippen molar-refractivity contribution in [1.82, 2.24) is 10.2 Å². The number of non-ortho nitro benzene ring substituents is 1. The number of nitrogens with zero attached hydrogens (tertiary/aromatic N) is 2. The van der Waals surface area contributed by atoms with Gasteiger partial charge in [0.05, 0.1) is 17.0 Å². The SMILES string of the molecule is CN(C(=O)c1cc(F)cc([N+](=O)[O-])c1)C1CNC1. The standard InChI is InChI=1S/C11H12FN3O3/c1-14(10-5-13-6-10)11(16)7-2-8(12)4-9(3-7)15(17)18/h2-4,10,13H,5-6H2,1H3. The first-order chi connectivity index (χ1) is 8.49. The van der Waals surface area contributed by atoms with E-state index in [0.717, 1.165) is 18.2 Å². The van der Waals surface area contributed by atoms with Crippen molar-refractivity contribution in [3.05, 3.63) is 39.7 Å². The van der Waals surface area contributed by atoms with E-state index in [1.165, 1.54) is 4.90 Å². The molecule has 0 radical (unpaired) electrons. The van der Waals surface area contributed by atoms with Crippen molar-refractivity contribution in [2.45, 2.75) is 6.04 Å². The Morgan fingerprint density at radius 1 is 1.50 bits per heavy atom. The molecule has 1 heterocycles. The number of likely N-dealkylation sites (N-methyl/N-ethyl adjacent to an activating group) is 1. The molecule has 96 valence electrons. The summed E-state index contributed by atoms with van der Waals surface area (Å²) in [5.74, 6) is -1.20. The first kappa shape index (κ1) is 12.4. The maximum absolute atomic E-state index is 13.2. The maximum Gasteiger partial charge on any atom is 0.273 e. The fourth-order valence-electron chi connectivity index (χ4n) is 1.72. The zero-order chi connectivity index (χ0) is 13.3. The molecule has 1 aliphatic heterocycles. The molecule has 0 unspecified atom stereocenters. The van der Waals surface area contributed by atoms with E-state index in [4.69, 9.17) is 0 Å². The lowest BCUT2D eigenvalue weighted by atomic mass is 10.1. The summed E-state index contributed by atoms with van der Waals surface area (Å²) in [7, 11) is 1.60. The molecular formula is C11H12FN3O3. The van der Waals surface area contributed by atoms with Crippen molar-refractivity contribution in [1.29, 1.82) is 0 Å². The Balaban J connectivity index is 2.26. The fraction of sp³-hybridized carbons (Fsp3) is 0.364. The molecule has 2 rings (SSSR count). The van der Waals surface area contributed by atoms with Gasteiger partial charge in [0.25, 0.3) is 11.6 Å². The molecule has 0 aromatic heterocycles. The van der Waals surface area contributed by atoms with Gasteiger partial charge in [-0.15, -0.1) is 0 Å². The second-order valence-electron chi connectivity index (χ2n) is 4.18. The van der Waals surface area contributed by atoms with E-state index in [2.05, 4.69) is 5.32 Å². The molecule has 1 saturated heterocycles. The molecular weight excluding hydrogens is 241 g/mol. The Hall–Kier alpha value is -2.02. The van der Waals surface area contributed by atoms with Crippen molar-refractivity contribution in [2.24, 2.45) is 0 Å². The first-order valence-corrected chi connectivity index (χ1v) is 5.42. The Kier molecular flexibility index (Phi) is 3.24. The van der Waals surface area contributed by atoms with Gasteiger partial charge in [0, 0.05) is 31.8 Å². The Labute approximate surface area is 103 Å². The zero-order valence-electron chi connectivity index (χ0n) is 9.72. The summed E-state index contributed by atoms with van der Waals surface area (Å²) in [6.07, 6.45) is 0. The Morgan fingerprint density at radius 2 is 2.17 bits per heavy atom. The lowest BCUT2D eigenvalue weighted by Crippen LogP contribution is -2.57. The zero-order valence-corrected chi connectivity index (χ0v) is 9.72. The van der Waals surface area contributed by atoms with Crippen LogP contribution in [0.2, 0.25) is 0 Å². The van der Waals surface area contributed by atoms with Crippen LogP contribution in [-0.2, 0) is 0 Å². The molecule has 0 bridgehead atoms. The number of halogens is 1. The Morgan fingerprint density at radius 3 is 2.67 bits per heavy atom. The quantitative estimate of drug-likeness (QED) is 0.638. The van der Waals surface area contributed by atoms with Gasteiger partial charge >= 0.3 is 0 Å². The van der Waals surface area contributed by atoms with Gasteiger partial charge in [0.15, 0.2) is 0 Å². The summed E-state index contributed by atoms with van der Waals surface area (Å²) in [6.45, 7) is 1.36. The van der Waals surface area contributed by atoms with Crippen LogP contribution in [0.1, 0.15) is 10.4 Å². The number of rotatable bonds is 3. The number of benzene rings is 1. The third kappa shape index (κ3) is 2.30. The number of amides is 1. The average molecular weight is 253 g/mol. The summed E-state index contributed by atoms with van der Waals surface area (Å²) in [5.41, 5.74) is -0.422. The molecule has 1 N–H and O–H groups in total. The number of nitrogens with one attached hydrogen (secondary N) is 1. The molecule has 0 aliphatic carbocycles. The lowest BCUT2D eigenvalue weighted by Gasteiger charge is -2.35. The fourth-order valence-corrected chi connectivity index (χ4v) is 1.72. The van der Waals surface area contributed by atoms with Crippen LogP contribution in [0.15, 0.2) is 18.2 Å². The predicted molar refractivity (Wildman–Crippen MR) is 61.8 cm³/mol. The maximum atomic E-state index is 13.2. The first-order valence-electron chi connectivity index (χ1n) is 5.42. The molecule has 1 aliphatic rings. The van der Waals surface area contributed by atoms with Gasteiger partial charge < -0.3 is 10.2 Å². The highest BCUT2D eigenvalue weighted by atomic mass is 19.1. The molecule has 6 nitrogen and oxygen atoms in total. The van der Waals surface area contributed by atoms with E-state index >= 15 is 0 Å². The molecule has 0 saturated carbocycles. The molecule has 0 atom stereocenters. The smallest absolute Gasteiger partial charge is 0.273 e. The summed E-state index contributed by atoms with van der Waals surface area (Å²) >= 11 is 0. The number of hydrogen-bond acceptors (Lipinski definition) is 4. The van der Waals surface area contributed by atoms with Gasteiger partial charge in [-0.05, 0) is 6.07 Å². The van der Waals surface area contributed by atoms with Gasteiger partial charge in [-0.3, -0.25) is 14.9 Å². The minimum absolute atomic E-state index is 0.00361. The van der Waals surface area contributed by atoms with E-state index < -0.39 is 22.3 Å². The number of nitro benzene ring substituents is 1. The van der Waals surface area contributed by atoms with Crippen molar-refractivity contribution in [2.75, 3.05) is 20.1 Å². The summed E-state index contributed by atoms with van der Waals surface area (Å²) in [6, 6.07) is 2.95. The minimum atomic E-state index is -0.785. The van der Waals surface area contributed by atoms with Crippen LogP contribution in [0.3, 0.4) is 0 Å². The van der Waals surface area contributed by atoms with E-state index in [9.17, 15) is 19.3 Å². The highest BCUT2D eigenvalue weighted by Gasteiger charge is 2.27. The molecule has 1 aromatic carbocycles. The van der Waals surface area contributed by atoms with E-state index in [0.29, 0.717) is 13.1 Å². The van der Waals surface area contributed by atoms with E-state index in [1.54, 1.807) is 7.05 Å². The molecule has 7 heteroatoms. The predicted octanol–water partition coefficient (Wildman–Crippen LogP) is 0.778. The largest absolute Gasteiger partial charge is 0.336 e. The normalized spacial score (nSPS) is 15.0. The number of carbonyl (C=O) groups excluding carboxylic acids is 1. The van der Waals surface area contributed by atoms with E-state index in [1.807, 2.05) is 0 Å². The second-order valence-corrected chi connectivity index (χ2v) is 4.18. The van der Waals surface area contributed by atoms with Crippen LogP contribution in [0, 0.1) is 15.9 Å². The number of nitro groups is 1. The topological polar surface area (TPSA) is 75.5 Å². The molecule has 1 aromatic rings. The van der Waals surface area contributed by atoms with Crippen molar-refractivity contribution in [3.63, 3.8) is 0 Å². The Bertz CT molecular complexity index is 502. The third-order valence-electron chi connectivity index (χ3n) is 2.97. The average Bonchev–Trinajstić information content (AvgIpc) is 2.24. The van der Waals surface area contributed by atoms with E-state index in [-0.39, 0.29) is 11.6 Å². The number of carbonyl (C=O) groups is 1. The van der Waals surface area contributed by atoms with Crippen LogP contribution in [0.5, 0.6) is 0 Å². The number of hydrogen-bond donors (Lipinski definition) is 1. The van der Waals surface area contributed by atoms with Crippen molar-refractivity contribution >= 4 is 11.6 Å². The van der Waals surface area contributed by atoms with Crippen molar-refractivity contribution in [3.8, 4) is 0 Å². The summed E-state index contributed by atoms with van der Waals surface area (Å²) in [4.78, 5) is 23.4. The van der Waals surface area contributed by atoms with Gasteiger partial charge in [-0.1, -0.05) is 0 Å². The highest BCUT2D eigenvalue weighted by Crippen LogP contribution is 2.18. The van der Waals surface area contributed by atoms with Crippen LogP contribution in [0.25, 0.3) is 0 Å². The van der Waals surface area contributed by atoms with Crippen LogP contribution in [-0.4, -0.2) is 41.9 Å². The van der Waals surface area contributed by atoms with Gasteiger partial charge in [-0.2, -0.15) is 0 Å². The van der Waals surface area contributed by atoms with Crippen LogP contribution < -0.4 is 5.32 Å². The van der Waals surface area contributed by atoms with Gasteiger partial charge in [-0.25, -0.2) is 4.39 Å². The van der Waals surface area contributed by atoms with Gasteiger partial charge in [0.1, 0.15) is 5.82 Å². The third-order valence-corrected chi connectivity index (χ3v) is 2.97. The van der Waals surface area contributed by atoms with Crippen molar-refractivity contribution < 1.29 is 14.1 Å². The molecule has 1 fully saturated rings. The summed E-state index contributed by atoms with van der Waals surface area (Å²) < 4.78 is 13.2. The van der Waals surface area contributed by atoms with Gasteiger partial charge in [0.2, 0.25) is 0 Å². The highest BCUT2D eigenvalue weighted by molar-refractivity contribution is 5.95. The monoisotopic (exact) mass is 253 g/mol. The molecule has 18 heavy (non-hydrogen) atoms. The van der Waals surface area contributed by atoms with Crippen LogP contribution >= 0.6 is 0 Å². The second kappa shape index (κ2) is 4.69.